The quantitative estimate of drug-likeness (QED) is 0.649. The zero-order chi connectivity index (χ0) is 9.68. The maximum absolute atomic E-state index is 6.91. The van der Waals surface area contributed by atoms with E-state index >= 15 is 0 Å². The lowest BCUT2D eigenvalue weighted by Crippen LogP contribution is -2.10. The first-order chi connectivity index (χ1) is 6.22. The lowest BCUT2D eigenvalue weighted by molar-refractivity contribution is 0.157. The molecule has 3 nitrogen and oxygen atoms in total. The number of dihydropyridines is 1. The van der Waals surface area contributed by atoms with Crippen molar-refractivity contribution in [1.82, 2.24) is 5.32 Å². The Kier molecular flexibility index (Phi) is 3.31. The van der Waals surface area contributed by atoms with Crippen molar-refractivity contribution in [3.05, 3.63) is 35.9 Å². The first-order valence-electron chi connectivity index (χ1n) is 4.24. The molecule has 0 spiro atoms. The highest BCUT2D eigenvalue weighted by molar-refractivity contribution is 5.70. The van der Waals surface area contributed by atoms with E-state index in [9.17, 15) is 0 Å². The molecule has 0 saturated heterocycles. The average Bonchev–Trinajstić information content (AvgIpc) is 2.04. The predicted octanol–water partition coefficient (Wildman–Crippen LogP) is 1.95. The molecule has 2 N–H and O–H groups in total. The van der Waals surface area contributed by atoms with E-state index in [1.54, 1.807) is 12.3 Å². The molecule has 0 aromatic rings. The van der Waals surface area contributed by atoms with Crippen molar-refractivity contribution in [3.63, 3.8) is 0 Å². The highest BCUT2D eigenvalue weighted by atomic mass is 16.5. The average molecular weight is 178 g/mol. The van der Waals surface area contributed by atoms with Gasteiger partial charge in [-0.25, -0.2) is 0 Å². The third kappa shape index (κ3) is 3.15. The van der Waals surface area contributed by atoms with Gasteiger partial charge in [0.05, 0.1) is 6.10 Å². The second kappa shape index (κ2) is 4.50. The third-order valence-corrected chi connectivity index (χ3v) is 1.43. The van der Waals surface area contributed by atoms with E-state index < -0.39 is 0 Å². The van der Waals surface area contributed by atoms with Crippen LogP contribution in [0.15, 0.2) is 35.9 Å². The molecule has 1 rings (SSSR count). The van der Waals surface area contributed by atoms with Crippen LogP contribution in [0, 0.1) is 5.41 Å². The van der Waals surface area contributed by atoms with Gasteiger partial charge in [0.25, 0.3) is 0 Å². The van der Waals surface area contributed by atoms with Gasteiger partial charge in [0.1, 0.15) is 5.76 Å². The van der Waals surface area contributed by atoms with E-state index in [1.807, 2.05) is 26.0 Å². The van der Waals surface area contributed by atoms with Gasteiger partial charge >= 0.3 is 0 Å². The smallest absolute Gasteiger partial charge is 0.123 e. The second-order valence-electron chi connectivity index (χ2n) is 2.98. The summed E-state index contributed by atoms with van der Waals surface area (Å²) in [6, 6.07) is 0. The van der Waals surface area contributed by atoms with Gasteiger partial charge in [0.15, 0.2) is 0 Å². The van der Waals surface area contributed by atoms with Crippen molar-refractivity contribution in [2.75, 3.05) is 0 Å². The fourth-order valence-electron chi connectivity index (χ4n) is 0.995. The molecule has 70 valence electrons. The molecular formula is C10H14N2O. The van der Waals surface area contributed by atoms with Gasteiger partial charge in [-0.15, -0.1) is 0 Å². The fraction of sp³-hybridized carbons (Fsp3) is 0.300. The summed E-state index contributed by atoms with van der Waals surface area (Å²) < 4.78 is 5.49. The molecule has 3 heteroatoms. The van der Waals surface area contributed by atoms with E-state index in [4.69, 9.17) is 10.1 Å². The normalized spacial score (nSPS) is 18.4. The van der Waals surface area contributed by atoms with Gasteiger partial charge in [0.2, 0.25) is 0 Å². The summed E-state index contributed by atoms with van der Waals surface area (Å²) >= 11 is 0. The Hall–Kier alpha value is -1.51. The fourth-order valence-corrected chi connectivity index (χ4v) is 0.995. The van der Waals surface area contributed by atoms with Crippen molar-refractivity contribution in [2.45, 2.75) is 20.0 Å². The SMILES string of the molecule is CC(C)OC1=C/C(=C/C=N)NC=C1. The van der Waals surface area contributed by atoms with Gasteiger partial charge in [-0.1, -0.05) is 0 Å². The van der Waals surface area contributed by atoms with Gasteiger partial charge in [-0.05, 0) is 26.0 Å². The van der Waals surface area contributed by atoms with Crippen LogP contribution < -0.4 is 5.32 Å². The van der Waals surface area contributed by atoms with E-state index in [2.05, 4.69) is 5.32 Å². The summed E-state index contributed by atoms with van der Waals surface area (Å²) in [6.45, 7) is 3.97. The third-order valence-electron chi connectivity index (χ3n) is 1.43. The summed E-state index contributed by atoms with van der Waals surface area (Å²) in [5, 5.41) is 9.91. The molecule has 0 aromatic heterocycles. The first kappa shape index (κ1) is 9.58. The number of hydrogen-bond acceptors (Lipinski definition) is 3. The van der Waals surface area contributed by atoms with Crippen molar-refractivity contribution in [1.29, 1.82) is 5.41 Å². The maximum Gasteiger partial charge on any atom is 0.123 e. The summed E-state index contributed by atoms with van der Waals surface area (Å²) in [6.07, 6.45) is 8.62. The lowest BCUT2D eigenvalue weighted by Gasteiger charge is -2.14. The monoisotopic (exact) mass is 178 g/mol. The van der Waals surface area contributed by atoms with E-state index in [0.717, 1.165) is 11.5 Å². The van der Waals surface area contributed by atoms with Crippen LogP contribution >= 0.6 is 0 Å². The standard InChI is InChI=1S/C10H14N2O/c1-8(2)13-10-4-6-12-9(7-10)3-5-11/h3-8,11-12H,1-2H3/b9-3-,11-5?. The molecular weight excluding hydrogens is 164 g/mol. The van der Waals surface area contributed by atoms with Crippen molar-refractivity contribution >= 4 is 6.21 Å². The molecule has 0 amide bonds. The Morgan fingerprint density at radius 3 is 2.92 bits per heavy atom. The molecule has 0 aromatic carbocycles. The van der Waals surface area contributed by atoms with Crippen molar-refractivity contribution in [2.24, 2.45) is 0 Å². The predicted molar refractivity (Wildman–Crippen MR) is 53.4 cm³/mol. The van der Waals surface area contributed by atoms with Gasteiger partial charge < -0.3 is 15.5 Å². The first-order valence-corrected chi connectivity index (χ1v) is 4.24. The minimum absolute atomic E-state index is 0.176. The molecule has 13 heavy (non-hydrogen) atoms. The summed E-state index contributed by atoms with van der Waals surface area (Å²) in [5.74, 6) is 0.821. The molecule has 0 aliphatic carbocycles. The molecule has 1 aliphatic heterocycles. The highest BCUT2D eigenvalue weighted by Crippen LogP contribution is 2.10. The van der Waals surface area contributed by atoms with Gasteiger partial charge in [-0.2, -0.15) is 0 Å². The number of allylic oxidation sites excluding steroid dienone is 3. The van der Waals surface area contributed by atoms with Crippen LogP contribution in [0.5, 0.6) is 0 Å². The zero-order valence-electron chi connectivity index (χ0n) is 7.87. The largest absolute Gasteiger partial charge is 0.491 e. The molecule has 1 aliphatic rings. The van der Waals surface area contributed by atoms with Crippen LogP contribution in [-0.2, 0) is 4.74 Å². The summed E-state index contributed by atoms with van der Waals surface area (Å²) in [7, 11) is 0. The Bertz CT molecular complexity index is 275. The lowest BCUT2D eigenvalue weighted by atomic mass is 10.2. The summed E-state index contributed by atoms with van der Waals surface area (Å²) in [4.78, 5) is 0. The molecule has 0 radical (unpaired) electrons. The second-order valence-corrected chi connectivity index (χ2v) is 2.98. The van der Waals surface area contributed by atoms with Crippen molar-refractivity contribution in [3.8, 4) is 0 Å². The Labute approximate surface area is 78.3 Å². The number of nitrogens with one attached hydrogen (secondary N) is 2. The topological polar surface area (TPSA) is 45.1 Å². The maximum atomic E-state index is 6.91. The Morgan fingerprint density at radius 1 is 1.54 bits per heavy atom. The van der Waals surface area contributed by atoms with Crippen LogP contribution in [0.2, 0.25) is 0 Å². The van der Waals surface area contributed by atoms with Crippen LogP contribution in [-0.4, -0.2) is 12.3 Å². The number of hydrogen-bond donors (Lipinski definition) is 2. The Morgan fingerprint density at radius 2 is 2.31 bits per heavy atom. The molecule has 0 saturated carbocycles. The van der Waals surface area contributed by atoms with Crippen LogP contribution in [0.3, 0.4) is 0 Å². The van der Waals surface area contributed by atoms with Crippen LogP contribution in [0.4, 0.5) is 0 Å². The molecule has 1 heterocycles. The zero-order valence-corrected chi connectivity index (χ0v) is 7.87. The number of rotatable bonds is 3. The molecule has 0 bridgehead atoms. The number of ether oxygens (including phenoxy) is 1. The molecule has 0 atom stereocenters. The van der Waals surface area contributed by atoms with E-state index in [-0.39, 0.29) is 6.10 Å². The Balaban J connectivity index is 2.68. The highest BCUT2D eigenvalue weighted by Gasteiger charge is 2.02. The van der Waals surface area contributed by atoms with E-state index in [1.165, 1.54) is 6.21 Å². The van der Waals surface area contributed by atoms with Crippen LogP contribution in [0.25, 0.3) is 0 Å². The minimum Gasteiger partial charge on any atom is -0.491 e. The van der Waals surface area contributed by atoms with Gasteiger partial charge in [-0.3, -0.25) is 0 Å². The molecule has 0 unspecified atom stereocenters. The molecule has 0 fully saturated rings. The summed E-state index contributed by atoms with van der Waals surface area (Å²) in [5.41, 5.74) is 0.869. The van der Waals surface area contributed by atoms with Crippen LogP contribution in [0.1, 0.15) is 13.8 Å². The van der Waals surface area contributed by atoms with E-state index in [0.29, 0.717) is 0 Å². The van der Waals surface area contributed by atoms with Crippen molar-refractivity contribution < 1.29 is 4.74 Å². The van der Waals surface area contributed by atoms with Gasteiger partial charge in [0, 0.05) is 24.2 Å². The minimum atomic E-state index is 0.176.